The molecule has 0 unspecified atom stereocenters. The number of nitrogens with one attached hydrogen (secondary N) is 2. The molecule has 2 N–H and O–H groups in total. The van der Waals surface area contributed by atoms with Gasteiger partial charge in [0.05, 0.1) is 16.7 Å². The van der Waals surface area contributed by atoms with E-state index in [1.54, 1.807) is 0 Å². The van der Waals surface area contributed by atoms with Gasteiger partial charge in [0.1, 0.15) is 5.75 Å². The molecule has 2 aromatic rings. The van der Waals surface area contributed by atoms with Crippen LogP contribution in [0.25, 0.3) is 0 Å². The summed E-state index contributed by atoms with van der Waals surface area (Å²) >= 11 is 20.1. The molecule has 0 aliphatic heterocycles. The molecule has 0 aliphatic carbocycles. The zero-order valence-electron chi connectivity index (χ0n) is 18.5. The highest BCUT2D eigenvalue weighted by molar-refractivity contribution is 7.96. The fourth-order valence-corrected chi connectivity index (χ4v) is 3.99. The Labute approximate surface area is 209 Å². The van der Waals surface area contributed by atoms with E-state index in [1.807, 2.05) is 42.7 Å². The number of rotatable bonds is 13. The van der Waals surface area contributed by atoms with Gasteiger partial charge in [0.2, 0.25) is 0 Å². The minimum atomic E-state index is -0.359. The number of carbonyl (C=O) groups is 1. The van der Waals surface area contributed by atoms with E-state index in [1.165, 1.54) is 11.9 Å². The monoisotopic (exact) mass is 518 g/mol. The molecule has 176 valence electrons. The zero-order valence-corrected chi connectivity index (χ0v) is 21.6. The Hall–Kier alpha value is -1.31. The third-order valence-electron chi connectivity index (χ3n) is 4.88. The molecule has 0 aliphatic rings. The highest BCUT2D eigenvalue weighted by Gasteiger charge is 2.25. The van der Waals surface area contributed by atoms with Gasteiger partial charge in [0.25, 0.3) is 5.91 Å². The van der Waals surface area contributed by atoms with Crippen LogP contribution >= 0.6 is 46.8 Å². The second-order valence-electron chi connectivity index (χ2n) is 7.55. The van der Waals surface area contributed by atoms with Crippen molar-refractivity contribution < 1.29 is 14.3 Å². The summed E-state index contributed by atoms with van der Waals surface area (Å²) in [4.78, 5) is 11.9. The summed E-state index contributed by atoms with van der Waals surface area (Å²) < 4.78 is 14.3. The molecule has 5 nitrogen and oxygen atoms in total. The molecule has 0 bridgehead atoms. The third-order valence-corrected chi connectivity index (χ3v) is 6.21. The lowest BCUT2D eigenvalue weighted by atomic mass is 9.78. The van der Waals surface area contributed by atoms with Gasteiger partial charge in [-0.25, -0.2) is 0 Å². The summed E-state index contributed by atoms with van der Waals surface area (Å²) in [5.74, 6) is 1.46. The first-order chi connectivity index (χ1) is 15.3. The first kappa shape index (κ1) is 26.9. The number of ether oxygens (including phenoxy) is 2. The van der Waals surface area contributed by atoms with Crippen LogP contribution in [0.3, 0.4) is 0 Å². The minimum Gasteiger partial charge on any atom is -0.490 e. The number of alkyl halides is 1. The molecule has 0 saturated carbocycles. The van der Waals surface area contributed by atoms with Crippen LogP contribution in [0.2, 0.25) is 10.0 Å². The maximum absolute atomic E-state index is 11.9. The third kappa shape index (κ3) is 7.92. The molecule has 0 aromatic heterocycles. The summed E-state index contributed by atoms with van der Waals surface area (Å²) in [5, 5.41) is 3.73. The molecule has 32 heavy (non-hydrogen) atoms. The smallest absolute Gasteiger partial charge is 0.257 e. The molecule has 0 fully saturated rings. The van der Waals surface area contributed by atoms with Crippen molar-refractivity contribution in [3.8, 4) is 11.5 Å². The Morgan fingerprint density at radius 3 is 2.28 bits per heavy atom. The maximum Gasteiger partial charge on any atom is 0.257 e. The van der Waals surface area contributed by atoms with Crippen LogP contribution in [0.5, 0.6) is 11.5 Å². The normalized spacial score (nSPS) is 11.3. The van der Waals surface area contributed by atoms with E-state index in [0.717, 1.165) is 11.1 Å². The SMILES string of the molecule is CSNCCNC(=O)COc1ccc(C(C)(C)c2cc(Cl)c(OCCCCl)c(Cl)c2)cc1. The van der Waals surface area contributed by atoms with Gasteiger partial charge in [-0.15, -0.1) is 11.6 Å². The van der Waals surface area contributed by atoms with Crippen LogP contribution in [0.1, 0.15) is 31.4 Å². The molecule has 0 spiro atoms. The minimum absolute atomic E-state index is 0.0294. The van der Waals surface area contributed by atoms with Crippen molar-refractivity contribution in [2.45, 2.75) is 25.7 Å². The number of hydrogen-bond acceptors (Lipinski definition) is 5. The lowest BCUT2D eigenvalue weighted by Crippen LogP contribution is -2.33. The fraction of sp³-hybridized carbons (Fsp3) is 0.435. The van der Waals surface area contributed by atoms with Crippen LogP contribution in [0, 0.1) is 0 Å². The number of amides is 1. The molecule has 2 rings (SSSR count). The average Bonchev–Trinajstić information content (AvgIpc) is 2.77. The van der Waals surface area contributed by atoms with Gasteiger partial charge in [-0.05, 0) is 48.1 Å². The molecular formula is C23H29Cl3N2O3S. The molecule has 0 radical (unpaired) electrons. The number of carbonyl (C=O) groups excluding carboxylic acids is 1. The van der Waals surface area contributed by atoms with E-state index in [9.17, 15) is 4.79 Å². The van der Waals surface area contributed by atoms with Gasteiger partial charge in [-0.1, -0.05) is 61.1 Å². The van der Waals surface area contributed by atoms with E-state index in [0.29, 0.717) is 53.5 Å². The van der Waals surface area contributed by atoms with Gasteiger partial charge in [-0.2, -0.15) is 0 Å². The second-order valence-corrected chi connectivity index (χ2v) is 9.44. The van der Waals surface area contributed by atoms with E-state index < -0.39 is 0 Å². The van der Waals surface area contributed by atoms with Crippen molar-refractivity contribution in [3.63, 3.8) is 0 Å². The van der Waals surface area contributed by atoms with E-state index in [4.69, 9.17) is 44.3 Å². The van der Waals surface area contributed by atoms with Gasteiger partial charge in [0, 0.05) is 24.4 Å². The Morgan fingerprint density at radius 2 is 1.69 bits per heavy atom. The van der Waals surface area contributed by atoms with Crippen LogP contribution in [0.4, 0.5) is 0 Å². The highest BCUT2D eigenvalue weighted by Crippen LogP contribution is 2.40. The van der Waals surface area contributed by atoms with Crippen molar-refractivity contribution in [2.24, 2.45) is 0 Å². The standard InChI is InChI=1S/C23H29Cl3N2O3S/c1-23(2,17-13-19(25)22(20(26)14-17)30-12-4-9-24)16-5-7-18(8-6-16)31-15-21(29)27-10-11-28-32-3/h5-8,13-14,28H,4,9-12,15H2,1-3H3,(H,27,29). The van der Waals surface area contributed by atoms with Gasteiger partial charge in [0.15, 0.2) is 12.4 Å². The lowest BCUT2D eigenvalue weighted by Gasteiger charge is -2.27. The zero-order chi connectivity index (χ0) is 23.6. The van der Waals surface area contributed by atoms with Gasteiger partial charge < -0.3 is 14.8 Å². The van der Waals surface area contributed by atoms with Crippen molar-refractivity contribution >= 4 is 52.7 Å². The molecule has 2 aromatic carbocycles. The molecule has 0 heterocycles. The molecular weight excluding hydrogens is 491 g/mol. The number of hydrogen-bond donors (Lipinski definition) is 2. The Balaban J connectivity index is 2.02. The summed E-state index contributed by atoms with van der Waals surface area (Å²) in [7, 11) is 0. The van der Waals surface area contributed by atoms with E-state index >= 15 is 0 Å². The van der Waals surface area contributed by atoms with Crippen LogP contribution < -0.4 is 19.5 Å². The van der Waals surface area contributed by atoms with Crippen molar-refractivity contribution in [3.05, 3.63) is 57.6 Å². The molecule has 0 saturated heterocycles. The molecule has 9 heteroatoms. The summed E-state index contributed by atoms with van der Waals surface area (Å²) in [6.45, 7) is 5.87. The van der Waals surface area contributed by atoms with E-state index in [-0.39, 0.29) is 17.9 Å². The maximum atomic E-state index is 11.9. The Bertz CT molecular complexity index is 856. The van der Waals surface area contributed by atoms with Gasteiger partial charge in [-0.3, -0.25) is 9.52 Å². The molecule has 0 atom stereocenters. The number of halogens is 3. The van der Waals surface area contributed by atoms with Crippen LogP contribution in [0.15, 0.2) is 36.4 Å². The summed E-state index contributed by atoms with van der Waals surface area (Å²) in [6, 6.07) is 11.4. The van der Waals surface area contributed by atoms with Crippen molar-refractivity contribution in [1.82, 2.24) is 10.0 Å². The predicted octanol–water partition coefficient (Wildman–Crippen LogP) is 5.69. The lowest BCUT2D eigenvalue weighted by molar-refractivity contribution is -0.123. The Kier molecular flexibility index (Phi) is 11.3. The van der Waals surface area contributed by atoms with Crippen LogP contribution in [-0.4, -0.2) is 44.3 Å². The first-order valence-electron chi connectivity index (χ1n) is 10.2. The summed E-state index contributed by atoms with van der Waals surface area (Å²) in [6.07, 6.45) is 2.65. The van der Waals surface area contributed by atoms with Crippen LogP contribution in [-0.2, 0) is 10.2 Å². The predicted molar refractivity (Wildman–Crippen MR) is 136 cm³/mol. The summed E-state index contributed by atoms with van der Waals surface area (Å²) in [5.41, 5.74) is 1.66. The van der Waals surface area contributed by atoms with E-state index in [2.05, 4.69) is 23.9 Å². The number of benzene rings is 2. The molecule has 1 amide bonds. The largest absolute Gasteiger partial charge is 0.490 e. The Morgan fingerprint density at radius 1 is 1.03 bits per heavy atom. The first-order valence-corrected chi connectivity index (χ1v) is 12.7. The quantitative estimate of drug-likeness (QED) is 0.202. The highest BCUT2D eigenvalue weighted by atomic mass is 35.5. The van der Waals surface area contributed by atoms with Crippen molar-refractivity contribution in [2.75, 3.05) is 38.4 Å². The van der Waals surface area contributed by atoms with Gasteiger partial charge >= 0.3 is 0 Å². The average molecular weight is 520 g/mol. The van der Waals surface area contributed by atoms with Crippen molar-refractivity contribution in [1.29, 1.82) is 0 Å². The fourth-order valence-electron chi connectivity index (χ4n) is 2.98. The second kappa shape index (κ2) is 13.4. The topological polar surface area (TPSA) is 59.6 Å².